The van der Waals surface area contributed by atoms with Gasteiger partial charge in [0.1, 0.15) is 0 Å². The summed E-state index contributed by atoms with van der Waals surface area (Å²) in [5.41, 5.74) is 0.912. The van der Waals surface area contributed by atoms with Gasteiger partial charge in [0.2, 0.25) is 5.88 Å². The van der Waals surface area contributed by atoms with Crippen LogP contribution in [-0.4, -0.2) is 16.1 Å². The molecule has 3 heteroatoms. The zero-order chi connectivity index (χ0) is 9.68. The fourth-order valence-electron chi connectivity index (χ4n) is 1.11. The van der Waals surface area contributed by atoms with E-state index in [-0.39, 0.29) is 6.10 Å². The van der Waals surface area contributed by atoms with Gasteiger partial charge in [0, 0.05) is 0 Å². The fraction of sp³-hybridized carbons (Fsp3) is 0.600. The van der Waals surface area contributed by atoms with E-state index in [0.29, 0.717) is 5.88 Å². The molecule has 3 nitrogen and oxygen atoms in total. The number of aryl methyl sites for hydroxylation is 1. The molecule has 1 aromatic heterocycles. The Morgan fingerprint density at radius 1 is 1.38 bits per heavy atom. The van der Waals surface area contributed by atoms with Crippen molar-refractivity contribution in [3.05, 3.63) is 18.1 Å². The Balaban J connectivity index is 2.49. The summed E-state index contributed by atoms with van der Waals surface area (Å²) < 4.78 is 5.54. The van der Waals surface area contributed by atoms with Gasteiger partial charge in [-0.25, -0.2) is 4.98 Å². The van der Waals surface area contributed by atoms with Gasteiger partial charge in [-0.1, -0.05) is 13.3 Å². The first-order valence-corrected chi connectivity index (χ1v) is 4.67. The van der Waals surface area contributed by atoms with Gasteiger partial charge >= 0.3 is 0 Å². The number of rotatable bonds is 4. The van der Waals surface area contributed by atoms with E-state index < -0.39 is 0 Å². The van der Waals surface area contributed by atoms with E-state index in [1.807, 2.05) is 13.8 Å². The second kappa shape index (κ2) is 4.80. The quantitative estimate of drug-likeness (QED) is 0.713. The van der Waals surface area contributed by atoms with Crippen molar-refractivity contribution in [2.45, 2.75) is 39.7 Å². The monoisotopic (exact) mass is 180 g/mol. The van der Waals surface area contributed by atoms with E-state index in [2.05, 4.69) is 16.9 Å². The van der Waals surface area contributed by atoms with Gasteiger partial charge < -0.3 is 4.74 Å². The molecule has 0 fully saturated rings. The maximum atomic E-state index is 5.54. The molecule has 1 unspecified atom stereocenters. The van der Waals surface area contributed by atoms with Crippen LogP contribution in [0.2, 0.25) is 0 Å². The van der Waals surface area contributed by atoms with Crippen molar-refractivity contribution >= 4 is 0 Å². The number of hydrogen-bond donors (Lipinski definition) is 0. The maximum absolute atomic E-state index is 5.54. The molecule has 0 aliphatic carbocycles. The average Bonchev–Trinajstić information content (AvgIpc) is 2.09. The molecule has 1 heterocycles. The third-order valence-corrected chi connectivity index (χ3v) is 1.77. The zero-order valence-corrected chi connectivity index (χ0v) is 8.45. The van der Waals surface area contributed by atoms with Crippen molar-refractivity contribution < 1.29 is 4.74 Å². The molecule has 0 radical (unpaired) electrons. The smallest absolute Gasteiger partial charge is 0.232 e. The molecule has 0 N–H and O–H groups in total. The molecule has 0 spiro atoms. The Kier molecular flexibility index (Phi) is 3.68. The van der Waals surface area contributed by atoms with E-state index in [1.54, 1.807) is 12.4 Å². The Morgan fingerprint density at radius 3 is 2.69 bits per heavy atom. The van der Waals surface area contributed by atoms with Crippen molar-refractivity contribution in [1.82, 2.24) is 9.97 Å². The largest absolute Gasteiger partial charge is 0.474 e. The highest BCUT2D eigenvalue weighted by Gasteiger charge is 2.02. The first-order valence-electron chi connectivity index (χ1n) is 4.67. The van der Waals surface area contributed by atoms with Crippen LogP contribution in [0.1, 0.15) is 32.4 Å². The fourth-order valence-corrected chi connectivity index (χ4v) is 1.11. The van der Waals surface area contributed by atoms with E-state index in [0.717, 1.165) is 18.5 Å². The minimum Gasteiger partial charge on any atom is -0.474 e. The van der Waals surface area contributed by atoms with Crippen LogP contribution in [0.4, 0.5) is 0 Å². The van der Waals surface area contributed by atoms with Crippen LogP contribution in [0.3, 0.4) is 0 Å². The van der Waals surface area contributed by atoms with Crippen molar-refractivity contribution in [2.75, 3.05) is 0 Å². The lowest BCUT2D eigenvalue weighted by Gasteiger charge is -2.11. The molecule has 1 aromatic rings. The molecule has 0 saturated carbocycles. The SMILES string of the molecule is CCCC(C)Oc1cnc(C)cn1. The molecule has 72 valence electrons. The zero-order valence-electron chi connectivity index (χ0n) is 8.45. The van der Waals surface area contributed by atoms with Gasteiger partial charge in [0.15, 0.2) is 0 Å². The van der Waals surface area contributed by atoms with E-state index in [1.165, 1.54) is 0 Å². The van der Waals surface area contributed by atoms with E-state index in [9.17, 15) is 0 Å². The third kappa shape index (κ3) is 3.40. The van der Waals surface area contributed by atoms with Crippen LogP contribution >= 0.6 is 0 Å². The highest BCUT2D eigenvalue weighted by atomic mass is 16.5. The number of nitrogens with zero attached hydrogens (tertiary/aromatic N) is 2. The second-order valence-corrected chi connectivity index (χ2v) is 3.21. The molecule has 0 saturated heterocycles. The predicted molar refractivity (Wildman–Crippen MR) is 51.8 cm³/mol. The Hall–Kier alpha value is -1.12. The highest BCUT2D eigenvalue weighted by molar-refractivity contribution is 5.06. The van der Waals surface area contributed by atoms with Crippen LogP contribution < -0.4 is 4.74 Å². The number of ether oxygens (including phenoxy) is 1. The molecule has 1 atom stereocenters. The molecule has 0 aliphatic heterocycles. The van der Waals surface area contributed by atoms with E-state index in [4.69, 9.17) is 4.74 Å². The predicted octanol–water partition coefficient (Wildman–Crippen LogP) is 2.35. The second-order valence-electron chi connectivity index (χ2n) is 3.21. The van der Waals surface area contributed by atoms with Crippen molar-refractivity contribution in [1.29, 1.82) is 0 Å². The molecular formula is C10H16N2O. The summed E-state index contributed by atoms with van der Waals surface area (Å²) in [6.45, 7) is 6.10. The molecule has 1 rings (SSSR count). The molecule has 0 amide bonds. The summed E-state index contributed by atoms with van der Waals surface area (Å²) in [4.78, 5) is 8.22. The number of hydrogen-bond acceptors (Lipinski definition) is 3. The van der Waals surface area contributed by atoms with Crippen LogP contribution in [0.25, 0.3) is 0 Å². The molecule has 0 bridgehead atoms. The summed E-state index contributed by atoms with van der Waals surface area (Å²) >= 11 is 0. The van der Waals surface area contributed by atoms with Crippen molar-refractivity contribution in [3.63, 3.8) is 0 Å². The summed E-state index contributed by atoms with van der Waals surface area (Å²) in [5, 5.41) is 0. The van der Waals surface area contributed by atoms with Crippen molar-refractivity contribution in [3.8, 4) is 5.88 Å². The molecule has 0 aliphatic rings. The minimum absolute atomic E-state index is 0.224. The summed E-state index contributed by atoms with van der Waals surface area (Å²) in [6.07, 6.45) is 5.79. The Labute approximate surface area is 79.2 Å². The molecule has 0 aromatic carbocycles. The van der Waals surface area contributed by atoms with Crippen LogP contribution in [-0.2, 0) is 0 Å². The lowest BCUT2D eigenvalue weighted by Crippen LogP contribution is -2.12. The minimum atomic E-state index is 0.224. The van der Waals surface area contributed by atoms with Gasteiger partial charge in [-0.2, -0.15) is 0 Å². The van der Waals surface area contributed by atoms with Gasteiger partial charge in [-0.15, -0.1) is 0 Å². The first-order chi connectivity index (χ1) is 6.22. The van der Waals surface area contributed by atoms with Gasteiger partial charge in [0.25, 0.3) is 0 Å². The van der Waals surface area contributed by atoms with Crippen LogP contribution in [0, 0.1) is 6.92 Å². The standard InChI is InChI=1S/C10H16N2O/c1-4-5-9(3)13-10-7-11-8(2)6-12-10/h6-7,9H,4-5H2,1-3H3. The van der Waals surface area contributed by atoms with Crippen molar-refractivity contribution in [2.24, 2.45) is 0 Å². The average molecular weight is 180 g/mol. The highest BCUT2D eigenvalue weighted by Crippen LogP contribution is 2.08. The third-order valence-electron chi connectivity index (χ3n) is 1.77. The summed E-state index contributed by atoms with van der Waals surface area (Å²) in [7, 11) is 0. The topological polar surface area (TPSA) is 35.0 Å². The Morgan fingerprint density at radius 2 is 2.15 bits per heavy atom. The molecular weight excluding hydrogens is 164 g/mol. The summed E-state index contributed by atoms with van der Waals surface area (Å²) in [5.74, 6) is 0.617. The van der Waals surface area contributed by atoms with Gasteiger partial charge in [-0.05, 0) is 20.3 Å². The molecule has 13 heavy (non-hydrogen) atoms. The van der Waals surface area contributed by atoms with Gasteiger partial charge in [-0.3, -0.25) is 4.98 Å². The Bertz CT molecular complexity index is 246. The first kappa shape index (κ1) is 9.96. The van der Waals surface area contributed by atoms with E-state index >= 15 is 0 Å². The number of aromatic nitrogens is 2. The maximum Gasteiger partial charge on any atom is 0.232 e. The summed E-state index contributed by atoms with van der Waals surface area (Å²) in [6, 6.07) is 0. The van der Waals surface area contributed by atoms with Gasteiger partial charge in [0.05, 0.1) is 24.2 Å². The lowest BCUT2D eigenvalue weighted by molar-refractivity contribution is 0.200. The van der Waals surface area contributed by atoms with Crippen LogP contribution in [0.15, 0.2) is 12.4 Å². The lowest BCUT2D eigenvalue weighted by atomic mass is 10.2. The normalized spacial score (nSPS) is 12.5. The van der Waals surface area contributed by atoms with Crippen LogP contribution in [0.5, 0.6) is 5.88 Å².